The first kappa shape index (κ1) is 20.3. The van der Waals surface area contributed by atoms with Crippen molar-refractivity contribution in [3.8, 4) is 11.5 Å². The number of aryl methyl sites for hydroxylation is 1. The van der Waals surface area contributed by atoms with Gasteiger partial charge in [-0.3, -0.25) is 30.1 Å². The molecule has 9 nitrogen and oxygen atoms in total. The number of nitrogens with one attached hydrogen (secondary N) is 2. The van der Waals surface area contributed by atoms with E-state index in [2.05, 4.69) is 10.9 Å². The smallest absolute Gasteiger partial charge is 0.305 e. The fraction of sp³-hybridized carbons (Fsp3) is 0.227. The van der Waals surface area contributed by atoms with Crippen molar-refractivity contribution < 1.29 is 28.3 Å². The summed E-state index contributed by atoms with van der Waals surface area (Å²) >= 11 is 0. The number of hydrazine groups is 1. The lowest BCUT2D eigenvalue weighted by Crippen LogP contribution is -2.49. The zero-order valence-corrected chi connectivity index (χ0v) is 17.1. The molecule has 0 spiro atoms. The third kappa shape index (κ3) is 4.02. The van der Waals surface area contributed by atoms with E-state index in [1.807, 2.05) is 6.92 Å². The molecule has 3 amide bonds. The summed E-state index contributed by atoms with van der Waals surface area (Å²) in [6.45, 7) is 3.74. The van der Waals surface area contributed by atoms with Crippen molar-refractivity contribution in [3.63, 3.8) is 0 Å². The molecule has 1 aliphatic rings. The number of hydrogen-bond donors (Lipinski definition) is 2. The lowest BCUT2D eigenvalue weighted by Gasteiger charge is -2.28. The lowest BCUT2D eigenvalue weighted by atomic mass is 10.1. The largest absolute Gasteiger partial charge is 0.494 e. The van der Waals surface area contributed by atoms with Gasteiger partial charge in [-0.25, -0.2) is 0 Å². The van der Waals surface area contributed by atoms with Gasteiger partial charge < -0.3 is 13.9 Å². The monoisotopic (exact) mass is 423 g/mol. The molecule has 1 aromatic heterocycles. The Kier molecular flexibility index (Phi) is 5.48. The number of benzene rings is 2. The molecule has 1 aliphatic heterocycles. The van der Waals surface area contributed by atoms with Gasteiger partial charge in [0.2, 0.25) is 0 Å². The number of carbonyl (C=O) groups is 3. The molecule has 0 saturated carbocycles. The van der Waals surface area contributed by atoms with Gasteiger partial charge in [-0.15, -0.1) is 0 Å². The summed E-state index contributed by atoms with van der Waals surface area (Å²) in [5.41, 5.74) is 6.32. The van der Waals surface area contributed by atoms with Gasteiger partial charge >= 0.3 is 5.91 Å². The van der Waals surface area contributed by atoms with Gasteiger partial charge in [0.15, 0.2) is 12.4 Å². The molecule has 0 bridgehead atoms. The Hall–Kier alpha value is -4.01. The highest BCUT2D eigenvalue weighted by molar-refractivity contribution is 6.03. The maximum Gasteiger partial charge on any atom is 0.305 e. The number of ether oxygens (including phenoxy) is 2. The molecule has 3 aromatic rings. The zero-order chi connectivity index (χ0) is 22.0. The number of hydrogen-bond acceptors (Lipinski definition) is 6. The quantitative estimate of drug-likeness (QED) is 0.610. The van der Waals surface area contributed by atoms with E-state index >= 15 is 0 Å². The summed E-state index contributed by atoms with van der Waals surface area (Å²) in [4.78, 5) is 38.4. The van der Waals surface area contributed by atoms with Crippen molar-refractivity contribution in [1.29, 1.82) is 0 Å². The van der Waals surface area contributed by atoms with E-state index in [9.17, 15) is 14.4 Å². The van der Waals surface area contributed by atoms with E-state index in [4.69, 9.17) is 13.9 Å². The van der Waals surface area contributed by atoms with Crippen LogP contribution in [0, 0.1) is 6.92 Å². The molecule has 9 heteroatoms. The SMILES string of the molecule is CCOc1ccc2oc(C(=O)NNC(=O)CN3C(=O)COc4ccccc43)c(C)c2c1. The minimum absolute atomic E-state index is 0.0803. The Balaban J connectivity index is 1.43. The first-order valence-corrected chi connectivity index (χ1v) is 9.75. The molecule has 0 aliphatic carbocycles. The Morgan fingerprint density at radius 2 is 1.97 bits per heavy atom. The second-order valence-electron chi connectivity index (χ2n) is 6.89. The van der Waals surface area contributed by atoms with Gasteiger partial charge in [0.25, 0.3) is 11.8 Å². The second-order valence-corrected chi connectivity index (χ2v) is 6.89. The van der Waals surface area contributed by atoms with Crippen LogP contribution < -0.4 is 25.2 Å². The Bertz CT molecular complexity index is 1170. The highest BCUT2D eigenvalue weighted by atomic mass is 16.5. The summed E-state index contributed by atoms with van der Waals surface area (Å²) < 4.78 is 16.5. The molecule has 4 rings (SSSR count). The minimum atomic E-state index is -0.603. The lowest BCUT2D eigenvalue weighted by molar-refractivity contribution is -0.125. The summed E-state index contributed by atoms with van der Waals surface area (Å²) in [5.74, 6) is -0.243. The van der Waals surface area contributed by atoms with Crippen molar-refractivity contribution >= 4 is 34.4 Å². The van der Waals surface area contributed by atoms with Crippen LogP contribution in [-0.4, -0.2) is 37.5 Å². The summed E-state index contributed by atoms with van der Waals surface area (Å²) in [5, 5.41) is 0.748. The van der Waals surface area contributed by atoms with Gasteiger partial charge in [0, 0.05) is 10.9 Å². The Morgan fingerprint density at radius 3 is 2.77 bits per heavy atom. The summed E-state index contributed by atoms with van der Waals surface area (Å²) in [7, 11) is 0. The van der Waals surface area contributed by atoms with Gasteiger partial charge in [0.1, 0.15) is 23.6 Å². The number of para-hydroxylation sites is 2. The fourth-order valence-electron chi connectivity index (χ4n) is 3.37. The van der Waals surface area contributed by atoms with Crippen molar-refractivity contribution in [1.82, 2.24) is 10.9 Å². The molecule has 2 aromatic carbocycles. The van der Waals surface area contributed by atoms with E-state index in [-0.39, 0.29) is 24.8 Å². The van der Waals surface area contributed by atoms with Crippen LogP contribution in [0.1, 0.15) is 23.0 Å². The average molecular weight is 423 g/mol. The topological polar surface area (TPSA) is 110 Å². The van der Waals surface area contributed by atoms with Crippen LogP contribution >= 0.6 is 0 Å². The molecule has 0 radical (unpaired) electrons. The molecular weight excluding hydrogens is 402 g/mol. The van der Waals surface area contributed by atoms with Crippen molar-refractivity contribution in [2.45, 2.75) is 13.8 Å². The predicted molar refractivity (Wildman–Crippen MR) is 112 cm³/mol. The van der Waals surface area contributed by atoms with Crippen LogP contribution in [0.2, 0.25) is 0 Å². The van der Waals surface area contributed by atoms with E-state index in [1.54, 1.807) is 49.4 Å². The third-order valence-electron chi connectivity index (χ3n) is 4.85. The van der Waals surface area contributed by atoms with Crippen LogP contribution in [0.5, 0.6) is 11.5 Å². The first-order valence-electron chi connectivity index (χ1n) is 9.75. The van der Waals surface area contributed by atoms with Crippen LogP contribution in [0.15, 0.2) is 46.9 Å². The van der Waals surface area contributed by atoms with E-state index in [0.717, 1.165) is 5.39 Å². The van der Waals surface area contributed by atoms with Gasteiger partial charge in [-0.2, -0.15) is 0 Å². The first-order chi connectivity index (χ1) is 15.0. The van der Waals surface area contributed by atoms with Crippen LogP contribution in [0.4, 0.5) is 5.69 Å². The number of anilines is 1. The minimum Gasteiger partial charge on any atom is -0.494 e. The van der Waals surface area contributed by atoms with Crippen LogP contribution in [0.3, 0.4) is 0 Å². The highest BCUT2D eigenvalue weighted by Gasteiger charge is 2.27. The highest BCUT2D eigenvalue weighted by Crippen LogP contribution is 2.31. The fourth-order valence-corrected chi connectivity index (χ4v) is 3.37. The number of carbonyl (C=O) groups excluding carboxylic acids is 3. The number of nitrogens with zero attached hydrogens (tertiary/aromatic N) is 1. The van der Waals surface area contributed by atoms with Crippen molar-refractivity contribution in [2.75, 3.05) is 24.7 Å². The number of rotatable bonds is 5. The predicted octanol–water partition coefficient (Wildman–Crippen LogP) is 2.33. The molecule has 0 unspecified atom stereocenters. The molecule has 0 fully saturated rings. The van der Waals surface area contributed by atoms with Crippen LogP contribution in [0.25, 0.3) is 11.0 Å². The Labute approximate surface area is 177 Å². The molecule has 0 atom stereocenters. The van der Waals surface area contributed by atoms with E-state index in [0.29, 0.717) is 34.9 Å². The molecule has 31 heavy (non-hydrogen) atoms. The third-order valence-corrected chi connectivity index (χ3v) is 4.85. The zero-order valence-electron chi connectivity index (χ0n) is 17.1. The van der Waals surface area contributed by atoms with E-state index in [1.165, 1.54) is 4.90 Å². The van der Waals surface area contributed by atoms with Crippen molar-refractivity contribution in [2.24, 2.45) is 0 Å². The maximum absolute atomic E-state index is 12.6. The standard InChI is InChI=1S/C22H21N3O6/c1-3-29-14-8-9-17-15(10-14)13(2)21(31-17)22(28)24-23-19(26)11-25-16-6-4-5-7-18(16)30-12-20(25)27/h4-10H,3,11-12H2,1-2H3,(H,23,26)(H,24,28). The number of fused-ring (bicyclic) bond motifs is 2. The number of amides is 3. The summed E-state index contributed by atoms with van der Waals surface area (Å²) in [6.07, 6.45) is 0. The maximum atomic E-state index is 12.6. The molecule has 0 saturated heterocycles. The number of furan rings is 1. The molecule has 2 N–H and O–H groups in total. The van der Waals surface area contributed by atoms with Crippen LogP contribution in [-0.2, 0) is 9.59 Å². The summed E-state index contributed by atoms with van der Waals surface area (Å²) in [6, 6.07) is 12.2. The van der Waals surface area contributed by atoms with Gasteiger partial charge in [-0.1, -0.05) is 12.1 Å². The van der Waals surface area contributed by atoms with E-state index < -0.39 is 11.8 Å². The molecular formula is C22H21N3O6. The second kappa shape index (κ2) is 8.39. The molecule has 2 heterocycles. The Morgan fingerprint density at radius 1 is 1.16 bits per heavy atom. The average Bonchev–Trinajstić information content (AvgIpc) is 3.10. The van der Waals surface area contributed by atoms with Gasteiger partial charge in [0.05, 0.1) is 12.3 Å². The molecule has 160 valence electrons. The van der Waals surface area contributed by atoms with Crippen molar-refractivity contribution in [3.05, 3.63) is 53.8 Å². The normalized spacial score (nSPS) is 12.8. The van der Waals surface area contributed by atoms with Gasteiger partial charge in [-0.05, 0) is 44.2 Å².